The Labute approximate surface area is 276 Å². The number of likely N-dealkylation sites (N-methyl/N-ethyl adjacent to an activating group) is 1. The van der Waals surface area contributed by atoms with Gasteiger partial charge in [-0.25, -0.2) is 4.79 Å². The number of nitro benzene ring substituents is 1. The minimum absolute atomic E-state index is 0.0636. The number of amidine groups is 1. The predicted molar refractivity (Wildman–Crippen MR) is 168 cm³/mol. The number of nitrogens with zero attached hydrogens (tertiary/aromatic N) is 3. The minimum atomic E-state index is -5.08. The van der Waals surface area contributed by atoms with Crippen LogP contribution < -0.4 is 5.73 Å². The molecule has 0 radical (unpaired) electrons. The zero-order valence-electron chi connectivity index (χ0n) is 25.8. The van der Waals surface area contributed by atoms with Crippen LogP contribution in [0.15, 0.2) is 54.6 Å². The molecular weight excluding hydrogens is 659 g/mol. The van der Waals surface area contributed by atoms with Gasteiger partial charge in [0.05, 0.1) is 18.0 Å². The van der Waals surface area contributed by atoms with Crippen LogP contribution in [0.5, 0.6) is 0 Å². The van der Waals surface area contributed by atoms with Crippen LogP contribution in [-0.4, -0.2) is 81.8 Å². The number of carbonyl (C=O) groups excluding carboxylic acids is 3. The molecule has 0 bridgehead atoms. The van der Waals surface area contributed by atoms with Gasteiger partial charge in [-0.05, 0) is 42.7 Å². The number of benzene rings is 2. The van der Waals surface area contributed by atoms with Crippen molar-refractivity contribution in [2.75, 3.05) is 20.2 Å². The molecule has 2 amide bonds. The number of ether oxygens (including phenoxy) is 1. The Hall–Kier alpha value is -5.32. The molecule has 3 aromatic rings. The van der Waals surface area contributed by atoms with Gasteiger partial charge in [0.15, 0.2) is 0 Å². The Morgan fingerprint density at radius 1 is 1.12 bits per heavy atom. The fourth-order valence-electron chi connectivity index (χ4n) is 4.74. The molecule has 1 unspecified atom stereocenters. The van der Waals surface area contributed by atoms with E-state index in [9.17, 15) is 37.7 Å². The highest BCUT2D eigenvalue weighted by Crippen LogP contribution is 2.30. The van der Waals surface area contributed by atoms with Crippen molar-refractivity contribution in [2.45, 2.75) is 44.9 Å². The number of alkyl halides is 3. The number of nitro groups is 1. The molecule has 48 heavy (non-hydrogen) atoms. The Bertz CT molecular complexity index is 1680. The quantitative estimate of drug-likeness (QED) is 0.0927. The molecule has 4 N–H and O–H groups in total. The Balaban J connectivity index is 0.000000804. The summed E-state index contributed by atoms with van der Waals surface area (Å²) < 4.78 is 36.8. The maximum Gasteiger partial charge on any atom is 0.490 e. The van der Waals surface area contributed by atoms with Gasteiger partial charge >= 0.3 is 18.1 Å². The fourth-order valence-corrected chi connectivity index (χ4v) is 5.89. The number of fused-ring (bicyclic) bond motifs is 1. The van der Waals surface area contributed by atoms with Crippen molar-refractivity contribution in [3.63, 3.8) is 0 Å². The molecule has 1 aliphatic rings. The molecule has 17 heteroatoms. The number of hydrogen-bond acceptors (Lipinski definition) is 9. The Kier molecular flexibility index (Phi) is 12.4. The first kappa shape index (κ1) is 37.1. The number of nitrogens with one attached hydrogen (secondary N) is 1. The molecule has 0 spiro atoms. The largest absolute Gasteiger partial charge is 0.490 e. The molecule has 2 heterocycles. The van der Waals surface area contributed by atoms with E-state index in [1.165, 1.54) is 17.0 Å². The lowest BCUT2D eigenvalue weighted by molar-refractivity contribution is -0.384. The normalized spacial score (nSPS) is 12.9. The van der Waals surface area contributed by atoms with Gasteiger partial charge in [-0.15, -0.1) is 11.3 Å². The second-order valence-corrected chi connectivity index (χ2v) is 11.7. The van der Waals surface area contributed by atoms with Crippen molar-refractivity contribution >= 4 is 46.6 Å². The highest BCUT2D eigenvalue weighted by atomic mass is 32.1. The maximum atomic E-state index is 14.0. The summed E-state index contributed by atoms with van der Waals surface area (Å²) in [6.45, 7) is 2.88. The SMILES string of the molecule is CCOC(=O)Cc1cc2c(s1)CCN(C(=O)C(Cc1ccc([N+](=O)[O-])cc1)N(C)C(=O)c1ccc(C(=N)N)cc1)C2.O=C(O)C(F)(F)F. The van der Waals surface area contributed by atoms with E-state index in [0.29, 0.717) is 42.8 Å². The molecule has 4 rings (SSSR count). The lowest BCUT2D eigenvalue weighted by atomic mass is 10.0. The highest BCUT2D eigenvalue weighted by Gasteiger charge is 2.38. The number of carbonyl (C=O) groups is 4. The Morgan fingerprint density at radius 3 is 2.23 bits per heavy atom. The van der Waals surface area contributed by atoms with Crippen LogP contribution in [0.4, 0.5) is 18.9 Å². The van der Waals surface area contributed by atoms with E-state index in [1.807, 2.05) is 6.07 Å². The minimum Gasteiger partial charge on any atom is -0.475 e. The van der Waals surface area contributed by atoms with Crippen molar-refractivity contribution in [1.82, 2.24) is 9.80 Å². The van der Waals surface area contributed by atoms with Gasteiger partial charge in [0.2, 0.25) is 5.91 Å². The number of carboxylic acids is 1. The zero-order valence-corrected chi connectivity index (χ0v) is 26.6. The summed E-state index contributed by atoms with van der Waals surface area (Å²) in [6, 6.07) is 13.3. The number of halogens is 3. The standard InChI is InChI=1S/C29H31N5O6S.C2HF3O2/c1-3-40-26(35)16-23-15-21-17-33(13-12-25(21)41-23)29(37)24(14-18-4-10-22(11-5-18)34(38)39)32(2)28(36)20-8-6-19(7-9-20)27(30)31;3-2(4,5)1(6)7/h4-11,15,24H,3,12-14,16-17H2,1-2H3,(H3,30,31);(H,6,7). The van der Waals surface area contributed by atoms with Crippen LogP contribution in [-0.2, 0) is 44.9 Å². The van der Waals surface area contributed by atoms with Gasteiger partial charge in [0.1, 0.15) is 11.9 Å². The summed E-state index contributed by atoms with van der Waals surface area (Å²) in [4.78, 5) is 64.0. The highest BCUT2D eigenvalue weighted by molar-refractivity contribution is 7.12. The van der Waals surface area contributed by atoms with Crippen molar-refractivity contribution in [2.24, 2.45) is 5.73 Å². The molecule has 256 valence electrons. The first-order chi connectivity index (χ1) is 22.5. The molecule has 13 nitrogen and oxygen atoms in total. The number of amides is 2. The van der Waals surface area contributed by atoms with E-state index in [4.69, 9.17) is 25.8 Å². The number of aliphatic carboxylic acids is 1. The number of thiophene rings is 1. The van der Waals surface area contributed by atoms with Gasteiger partial charge < -0.3 is 25.4 Å². The number of carboxylic acid groups (broad SMARTS) is 1. The summed E-state index contributed by atoms with van der Waals surface area (Å²) in [5, 5.41) is 25.8. The number of hydrogen-bond donors (Lipinski definition) is 3. The molecule has 0 fully saturated rings. The van der Waals surface area contributed by atoms with Gasteiger partial charge in [0, 0.05) is 59.6 Å². The zero-order chi connectivity index (χ0) is 35.8. The fraction of sp³-hybridized carbons (Fsp3) is 0.323. The van der Waals surface area contributed by atoms with E-state index in [2.05, 4.69) is 0 Å². The maximum absolute atomic E-state index is 14.0. The number of rotatable bonds is 10. The lowest BCUT2D eigenvalue weighted by Crippen LogP contribution is -2.51. The van der Waals surface area contributed by atoms with E-state index < -0.39 is 23.1 Å². The van der Waals surface area contributed by atoms with Crippen molar-refractivity contribution in [3.05, 3.63) is 96.7 Å². The summed E-state index contributed by atoms with van der Waals surface area (Å²) in [5.74, 6) is -3.80. The third-order valence-corrected chi connectivity index (χ3v) is 8.42. The van der Waals surface area contributed by atoms with Crippen LogP contribution in [0.3, 0.4) is 0 Å². The van der Waals surface area contributed by atoms with Crippen molar-refractivity contribution in [3.8, 4) is 0 Å². The number of nitrogens with two attached hydrogens (primary N) is 1. The molecule has 1 aromatic heterocycles. The third-order valence-electron chi connectivity index (χ3n) is 7.19. The Morgan fingerprint density at radius 2 is 1.71 bits per heavy atom. The van der Waals surface area contributed by atoms with Gasteiger partial charge in [-0.2, -0.15) is 13.2 Å². The molecule has 1 aliphatic heterocycles. The second-order valence-electron chi connectivity index (χ2n) is 10.5. The molecule has 0 saturated carbocycles. The van der Waals surface area contributed by atoms with E-state index in [-0.39, 0.29) is 42.1 Å². The van der Waals surface area contributed by atoms with E-state index >= 15 is 0 Å². The molecule has 2 aromatic carbocycles. The lowest BCUT2D eigenvalue weighted by Gasteiger charge is -2.34. The van der Waals surface area contributed by atoms with Crippen LogP contribution in [0.2, 0.25) is 0 Å². The van der Waals surface area contributed by atoms with Crippen LogP contribution in [0, 0.1) is 15.5 Å². The predicted octanol–water partition coefficient (Wildman–Crippen LogP) is 3.95. The molecule has 0 aliphatic carbocycles. The average molecular weight is 692 g/mol. The van der Waals surface area contributed by atoms with E-state index in [0.717, 1.165) is 15.3 Å². The number of nitrogen functional groups attached to an aromatic ring is 1. The second kappa shape index (κ2) is 16.0. The third kappa shape index (κ3) is 9.84. The summed E-state index contributed by atoms with van der Waals surface area (Å²) in [7, 11) is 1.56. The van der Waals surface area contributed by atoms with Crippen LogP contribution >= 0.6 is 11.3 Å². The van der Waals surface area contributed by atoms with Crippen molar-refractivity contribution < 1.29 is 47.1 Å². The number of non-ortho nitro benzene ring substituents is 1. The molecule has 1 atom stereocenters. The van der Waals surface area contributed by atoms with E-state index in [1.54, 1.807) is 66.6 Å². The first-order valence-corrected chi connectivity index (χ1v) is 15.1. The topological polar surface area (TPSA) is 197 Å². The summed E-state index contributed by atoms with van der Waals surface area (Å²) in [6.07, 6.45) is -4.11. The molecule has 0 saturated heterocycles. The monoisotopic (exact) mass is 691 g/mol. The summed E-state index contributed by atoms with van der Waals surface area (Å²) >= 11 is 1.55. The first-order valence-electron chi connectivity index (χ1n) is 14.3. The number of esters is 1. The van der Waals surface area contributed by atoms with Gasteiger partial charge in [-0.3, -0.25) is 29.9 Å². The van der Waals surface area contributed by atoms with Crippen LogP contribution in [0.1, 0.15) is 43.7 Å². The molecular formula is C31H32F3N5O8S. The summed E-state index contributed by atoms with van der Waals surface area (Å²) in [5.41, 5.74) is 7.92. The van der Waals surface area contributed by atoms with Crippen LogP contribution in [0.25, 0.3) is 0 Å². The average Bonchev–Trinajstić information content (AvgIpc) is 3.44. The van der Waals surface area contributed by atoms with Crippen molar-refractivity contribution in [1.29, 1.82) is 5.41 Å². The van der Waals surface area contributed by atoms with Gasteiger partial charge in [-0.1, -0.05) is 24.3 Å². The smallest absolute Gasteiger partial charge is 0.475 e. The van der Waals surface area contributed by atoms with Gasteiger partial charge in [0.25, 0.3) is 11.6 Å².